The minimum Gasteiger partial charge on any atom is -0.480 e. The molecule has 0 aliphatic heterocycles. The van der Waals surface area contributed by atoms with Gasteiger partial charge in [-0.15, -0.1) is 6.42 Å². The Hall–Kier alpha value is -2.21. The Morgan fingerprint density at radius 1 is 1.41 bits per heavy atom. The summed E-state index contributed by atoms with van der Waals surface area (Å²) in [6, 6.07) is 1.47. The SMILES string of the molecule is C#CCN(CC(=O)O)C(=O)N(CC)CCC#N. The topological polar surface area (TPSA) is 84.6 Å². The Labute approximate surface area is 100 Å². The highest BCUT2D eigenvalue weighted by atomic mass is 16.4. The Balaban J connectivity index is 4.62. The number of aliphatic carboxylic acids is 1. The highest BCUT2D eigenvalue weighted by Crippen LogP contribution is 2.00. The molecule has 17 heavy (non-hydrogen) atoms. The van der Waals surface area contributed by atoms with E-state index in [0.717, 1.165) is 4.90 Å². The van der Waals surface area contributed by atoms with Gasteiger partial charge in [-0.05, 0) is 6.92 Å². The Morgan fingerprint density at radius 2 is 2.06 bits per heavy atom. The Morgan fingerprint density at radius 3 is 2.47 bits per heavy atom. The van der Waals surface area contributed by atoms with Crippen molar-refractivity contribution in [3.8, 4) is 18.4 Å². The lowest BCUT2D eigenvalue weighted by atomic mass is 10.4. The van der Waals surface area contributed by atoms with Gasteiger partial charge in [-0.25, -0.2) is 4.79 Å². The summed E-state index contributed by atoms with van der Waals surface area (Å²) in [4.78, 5) is 24.9. The van der Waals surface area contributed by atoms with Crippen LogP contribution in [0.15, 0.2) is 0 Å². The van der Waals surface area contributed by atoms with Crippen LogP contribution < -0.4 is 0 Å². The van der Waals surface area contributed by atoms with Crippen LogP contribution >= 0.6 is 0 Å². The smallest absolute Gasteiger partial charge is 0.323 e. The number of urea groups is 1. The number of terminal acetylenes is 1. The average Bonchev–Trinajstić information content (AvgIpc) is 2.28. The second-order valence-corrected chi connectivity index (χ2v) is 3.22. The lowest BCUT2D eigenvalue weighted by Gasteiger charge is -2.27. The molecule has 2 amide bonds. The van der Waals surface area contributed by atoms with Gasteiger partial charge in [0.05, 0.1) is 19.0 Å². The highest BCUT2D eigenvalue weighted by Gasteiger charge is 2.20. The monoisotopic (exact) mass is 237 g/mol. The maximum atomic E-state index is 11.9. The number of nitriles is 1. The zero-order chi connectivity index (χ0) is 13.3. The number of carboxylic acid groups (broad SMARTS) is 1. The van der Waals surface area contributed by atoms with E-state index in [4.69, 9.17) is 16.8 Å². The third kappa shape index (κ3) is 5.43. The number of amides is 2. The van der Waals surface area contributed by atoms with Crippen LogP contribution in [0.5, 0.6) is 0 Å². The predicted molar refractivity (Wildman–Crippen MR) is 60.9 cm³/mol. The van der Waals surface area contributed by atoms with Crippen LogP contribution in [0.2, 0.25) is 0 Å². The summed E-state index contributed by atoms with van der Waals surface area (Å²) in [6.07, 6.45) is 5.28. The number of carboxylic acids is 1. The molecule has 0 spiro atoms. The summed E-state index contributed by atoms with van der Waals surface area (Å²) < 4.78 is 0. The lowest BCUT2D eigenvalue weighted by molar-refractivity contribution is -0.137. The fraction of sp³-hybridized carbons (Fsp3) is 0.545. The Kier molecular flexibility index (Phi) is 6.96. The standard InChI is InChI=1S/C11H15N3O3/c1-3-7-14(9-10(15)16)11(17)13(4-2)8-5-6-12/h1H,4-5,7-9H2,2H3,(H,15,16). The molecule has 0 aliphatic carbocycles. The van der Waals surface area contributed by atoms with E-state index < -0.39 is 18.5 Å². The number of hydrogen-bond acceptors (Lipinski definition) is 3. The molecule has 0 radical (unpaired) electrons. The third-order valence-corrected chi connectivity index (χ3v) is 2.02. The van der Waals surface area contributed by atoms with E-state index in [0.29, 0.717) is 6.54 Å². The van der Waals surface area contributed by atoms with Crippen molar-refractivity contribution in [3.63, 3.8) is 0 Å². The molecule has 1 N–H and O–H groups in total. The first-order chi connectivity index (χ1) is 8.06. The van der Waals surface area contributed by atoms with Crippen molar-refractivity contribution in [2.45, 2.75) is 13.3 Å². The quantitative estimate of drug-likeness (QED) is 0.676. The van der Waals surface area contributed by atoms with Gasteiger partial charge in [0, 0.05) is 13.1 Å². The summed E-state index contributed by atoms with van der Waals surface area (Å²) >= 11 is 0. The van der Waals surface area contributed by atoms with Crippen molar-refractivity contribution in [2.75, 3.05) is 26.2 Å². The van der Waals surface area contributed by atoms with Gasteiger partial charge in [0.25, 0.3) is 0 Å². The van der Waals surface area contributed by atoms with Gasteiger partial charge < -0.3 is 14.9 Å². The van der Waals surface area contributed by atoms with Crippen LogP contribution in [-0.2, 0) is 4.79 Å². The van der Waals surface area contributed by atoms with Crippen molar-refractivity contribution < 1.29 is 14.7 Å². The van der Waals surface area contributed by atoms with E-state index in [-0.39, 0.29) is 19.5 Å². The lowest BCUT2D eigenvalue weighted by Crippen LogP contribution is -2.45. The molecule has 0 atom stereocenters. The van der Waals surface area contributed by atoms with Crippen molar-refractivity contribution in [1.82, 2.24) is 9.80 Å². The molecule has 6 heteroatoms. The number of carbonyl (C=O) groups is 2. The molecule has 0 aliphatic rings. The fourth-order valence-electron chi connectivity index (χ4n) is 1.24. The van der Waals surface area contributed by atoms with Gasteiger partial charge in [0.2, 0.25) is 0 Å². The third-order valence-electron chi connectivity index (χ3n) is 2.02. The van der Waals surface area contributed by atoms with Crippen LogP contribution in [-0.4, -0.2) is 53.1 Å². The normalized spacial score (nSPS) is 8.88. The highest BCUT2D eigenvalue weighted by molar-refractivity contribution is 5.80. The van der Waals surface area contributed by atoms with E-state index >= 15 is 0 Å². The molecule has 0 aromatic carbocycles. The number of nitrogens with zero attached hydrogens (tertiary/aromatic N) is 3. The number of carbonyl (C=O) groups excluding carboxylic acids is 1. The molecule has 6 nitrogen and oxygen atoms in total. The molecule has 0 unspecified atom stereocenters. The van der Waals surface area contributed by atoms with Gasteiger partial charge >= 0.3 is 12.0 Å². The summed E-state index contributed by atoms with van der Waals surface area (Å²) in [5.41, 5.74) is 0. The van der Waals surface area contributed by atoms with E-state index in [2.05, 4.69) is 5.92 Å². The molecule has 0 bridgehead atoms. The minimum absolute atomic E-state index is 0.0613. The zero-order valence-electron chi connectivity index (χ0n) is 9.72. The first-order valence-corrected chi connectivity index (χ1v) is 5.12. The van der Waals surface area contributed by atoms with Crippen molar-refractivity contribution in [1.29, 1.82) is 5.26 Å². The molecule has 0 rings (SSSR count). The van der Waals surface area contributed by atoms with Gasteiger partial charge in [0.1, 0.15) is 6.54 Å². The van der Waals surface area contributed by atoms with E-state index in [1.54, 1.807) is 6.92 Å². The van der Waals surface area contributed by atoms with Gasteiger partial charge in [-0.3, -0.25) is 4.79 Å². The number of hydrogen-bond donors (Lipinski definition) is 1. The fourth-order valence-corrected chi connectivity index (χ4v) is 1.24. The van der Waals surface area contributed by atoms with Crippen LogP contribution in [0.1, 0.15) is 13.3 Å². The van der Waals surface area contributed by atoms with Gasteiger partial charge in [0.15, 0.2) is 0 Å². The molecule has 0 aromatic heterocycles. The average molecular weight is 237 g/mol. The first-order valence-electron chi connectivity index (χ1n) is 5.12. The largest absolute Gasteiger partial charge is 0.480 e. The molecule has 0 fully saturated rings. The van der Waals surface area contributed by atoms with Crippen LogP contribution in [0.4, 0.5) is 4.79 Å². The zero-order valence-corrected chi connectivity index (χ0v) is 9.72. The molecule has 92 valence electrons. The summed E-state index contributed by atoms with van der Waals surface area (Å²) in [5.74, 6) is 1.12. The van der Waals surface area contributed by atoms with Crippen molar-refractivity contribution in [2.24, 2.45) is 0 Å². The second kappa shape index (κ2) is 8.00. The summed E-state index contributed by atoms with van der Waals surface area (Å²) in [7, 11) is 0. The van der Waals surface area contributed by atoms with E-state index in [1.165, 1.54) is 4.90 Å². The molecule has 0 saturated heterocycles. The molecule has 0 saturated carbocycles. The maximum Gasteiger partial charge on any atom is 0.323 e. The van der Waals surface area contributed by atoms with E-state index in [9.17, 15) is 9.59 Å². The molecular weight excluding hydrogens is 222 g/mol. The second-order valence-electron chi connectivity index (χ2n) is 3.22. The number of rotatable bonds is 6. The van der Waals surface area contributed by atoms with Gasteiger partial charge in [-0.2, -0.15) is 5.26 Å². The molecule has 0 heterocycles. The summed E-state index contributed by atoms with van der Waals surface area (Å²) in [6.45, 7) is 1.93. The van der Waals surface area contributed by atoms with Crippen LogP contribution in [0, 0.1) is 23.7 Å². The molecule has 0 aromatic rings. The maximum absolute atomic E-state index is 11.9. The van der Waals surface area contributed by atoms with Crippen molar-refractivity contribution in [3.05, 3.63) is 0 Å². The first kappa shape index (κ1) is 14.8. The van der Waals surface area contributed by atoms with Crippen LogP contribution in [0.25, 0.3) is 0 Å². The summed E-state index contributed by atoms with van der Waals surface area (Å²) in [5, 5.41) is 17.1. The predicted octanol–water partition coefficient (Wildman–Crippen LogP) is 0.362. The van der Waals surface area contributed by atoms with Crippen molar-refractivity contribution >= 4 is 12.0 Å². The minimum atomic E-state index is -1.12. The molecular formula is C11H15N3O3. The Bertz CT molecular complexity index is 354. The van der Waals surface area contributed by atoms with Gasteiger partial charge in [-0.1, -0.05) is 5.92 Å². The van der Waals surface area contributed by atoms with Crippen LogP contribution in [0.3, 0.4) is 0 Å². The van der Waals surface area contributed by atoms with E-state index in [1.807, 2.05) is 6.07 Å².